The van der Waals surface area contributed by atoms with Gasteiger partial charge in [-0.2, -0.15) is 0 Å². The zero-order valence-electron chi connectivity index (χ0n) is 14.2. The number of hydrogen-bond acceptors (Lipinski definition) is 4. The van der Waals surface area contributed by atoms with E-state index in [1.54, 1.807) is 0 Å². The Morgan fingerprint density at radius 2 is 1.50 bits per heavy atom. The van der Waals surface area contributed by atoms with Gasteiger partial charge in [0, 0.05) is 51.2 Å². The van der Waals surface area contributed by atoms with Crippen LogP contribution in [0.1, 0.15) is 32.1 Å². The van der Waals surface area contributed by atoms with E-state index < -0.39 is 0 Å². The first kappa shape index (κ1) is 21.5. The van der Waals surface area contributed by atoms with Crippen LogP contribution >= 0.6 is 24.8 Å². The lowest BCUT2D eigenvalue weighted by atomic mass is 10.1. The number of hydrogen-bond donors (Lipinski definition) is 1. The average molecular weight is 381 g/mol. The van der Waals surface area contributed by atoms with E-state index in [0.717, 1.165) is 71.4 Å². The highest BCUT2D eigenvalue weighted by Gasteiger charge is 2.32. The number of halogens is 2. The minimum absolute atomic E-state index is 0. The summed E-state index contributed by atoms with van der Waals surface area (Å²) in [4.78, 5) is 30.8. The first-order chi connectivity index (χ1) is 10.6. The van der Waals surface area contributed by atoms with Crippen molar-refractivity contribution in [3.05, 3.63) is 0 Å². The van der Waals surface area contributed by atoms with Gasteiger partial charge in [-0.05, 0) is 32.1 Å². The molecule has 3 fully saturated rings. The van der Waals surface area contributed by atoms with Crippen LogP contribution in [0.3, 0.4) is 0 Å². The summed E-state index contributed by atoms with van der Waals surface area (Å²) in [6.45, 7) is 5.46. The molecule has 1 aliphatic carbocycles. The zero-order valence-corrected chi connectivity index (χ0v) is 15.8. The molecule has 0 bridgehead atoms. The van der Waals surface area contributed by atoms with E-state index in [1.807, 2.05) is 9.80 Å². The van der Waals surface area contributed by atoms with Crippen LogP contribution in [0.5, 0.6) is 0 Å². The van der Waals surface area contributed by atoms with Crippen molar-refractivity contribution >= 4 is 36.6 Å². The smallest absolute Gasteiger partial charge is 0.236 e. The second-order valence-electron chi connectivity index (χ2n) is 6.96. The van der Waals surface area contributed by atoms with Crippen LogP contribution in [-0.4, -0.2) is 78.4 Å². The fourth-order valence-electron chi connectivity index (χ4n) is 3.88. The Bertz CT molecular complexity index is 424. The maximum Gasteiger partial charge on any atom is 0.236 e. The fraction of sp³-hybridized carbons (Fsp3) is 0.875. The van der Waals surface area contributed by atoms with Crippen molar-refractivity contribution in [1.29, 1.82) is 0 Å². The molecule has 2 atom stereocenters. The lowest BCUT2D eigenvalue weighted by Gasteiger charge is -2.36. The Labute approximate surface area is 156 Å². The highest BCUT2D eigenvalue weighted by molar-refractivity contribution is 5.85. The Kier molecular flexibility index (Phi) is 8.77. The van der Waals surface area contributed by atoms with Crippen LogP contribution in [0.2, 0.25) is 0 Å². The van der Waals surface area contributed by atoms with Crippen LogP contribution in [0.15, 0.2) is 0 Å². The van der Waals surface area contributed by atoms with Gasteiger partial charge in [0.05, 0.1) is 6.54 Å². The van der Waals surface area contributed by atoms with Gasteiger partial charge in [0.1, 0.15) is 0 Å². The largest absolute Gasteiger partial charge is 0.342 e. The van der Waals surface area contributed by atoms with E-state index in [-0.39, 0.29) is 48.6 Å². The molecule has 140 valence electrons. The first-order valence-electron chi connectivity index (χ1n) is 8.68. The number of carbonyl (C=O) groups excluding carboxylic acids is 2. The van der Waals surface area contributed by atoms with Gasteiger partial charge in [-0.15, -0.1) is 24.8 Å². The fourth-order valence-corrected chi connectivity index (χ4v) is 3.88. The Morgan fingerprint density at radius 3 is 2.04 bits per heavy atom. The molecular weight excluding hydrogens is 351 g/mol. The second kappa shape index (κ2) is 9.80. The highest BCUT2D eigenvalue weighted by Crippen LogP contribution is 2.26. The van der Waals surface area contributed by atoms with Crippen molar-refractivity contribution in [2.24, 2.45) is 11.7 Å². The van der Waals surface area contributed by atoms with Gasteiger partial charge in [-0.25, -0.2) is 0 Å². The number of rotatable bonds is 3. The molecule has 0 aromatic heterocycles. The molecule has 3 aliphatic rings. The Morgan fingerprint density at radius 1 is 0.875 bits per heavy atom. The van der Waals surface area contributed by atoms with E-state index in [1.165, 1.54) is 0 Å². The van der Waals surface area contributed by atoms with Crippen molar-refractivity contribution < 1.29 is 9.59 Å². The third-order valence-corrected chi connectivity index (χ3v) is 5.32. The first-order valence-corrected chi connectivity index (χ1v) is 8.68. The lowest BCUT2D eigenvalue weighted by molar-refractivity contribution is -0.138. The summed E-state index contributed by atoms with van der Waals surface area (Å²) in [6.07, 6.45) is 5.02. The molecule has 1 saturated carbocycles. The van der Waals surface area contributed by atoms with Crippen LogP contribution < -0.4 is 5.73 Å². The molecule has 2 amide bonds. The molecule has 2 unspecified atom stereocenters. The second-order valence-corrected chi connectivity index (χ2v) is 6.96. The number of amides is 2. The lowest BCUT2D eigenvalue weighted by Crippen LogP contribution is -2.52. The molecule has 0 aromatic rings. The highest BCUT2D eigenvalue weighted by atomic mass is 35.5. The number of nitrogens with two attached hydrogens (primary N) is 1. The third kappa shape index (κ3) is 5.22. The molecular formula is C16H30Cl2N4O2. The summed E-state index contributed by atoms with van der Waals surface area (Å²) < 4.78 is 0. The maximum absolute atomic E-state index is 12.5. The molecule has 8 heteroatoms. The van der Waals surface area contributed by atoms with Gasteiger partial charge in [0.25, 0.3) is 0 Å². The molecule has 3 rings (SSSR count). The van der Waals surface area contributed by atoms with Gasteiger partial charge in [-0.1, -0.05) is 0 Å². The standard InChI is InChI=1S/C16H28N4O2.2ClH/c17-14-4-3-13(11-14)16(22)20-9-7-18(8-10-20)12-15(21)19-5-1-2-6-19;;/h13-14H,1-12,17H2;2*1H. The van der Waals surface area contributed by atoms with Crippen LogP contribution in [0.4, 0.5) is 0 Å². The van der Waals surface area contributed by atoms with Crippen LogP contribution in [0, 0.1) is 5.92 Å². The normalized spacial score (nSPS) is 27.5. The van der Waals surface area contributed by atoms with E-state index in [2.05, 4.69) is 4.90 Å². The summed E-state index contributed by atoms with van der Waals surface area (Å²) in [6, 6.07) is 0.202. The summed E-state index contributed by atoms with van der Waals surface area (Å²) in [5, 5.41) is 0. The van der Waals surface area contributed by atoms with E-state index in [0.29, 0.717) is 6.54 Å². The van der Waals surface area contributed by atoms with E-state index in [4.69, 9.17) is 5.73 Å². The summed E-state index contributed by atoms with van der Waals surface area (Å²) in [5.74, 6) is 0.658. The number of piperazine rings is 1. The summed E-state index contributed by atoms with van der Waals surface area (Å²) in [7, 11) is 0. The minimum atomic E-state index is 0. The van der Waals surface area contributed by atoms with Crippen molar-refractivity contribution in [2.45, 2.75) is 38.1 Å². The topological polar surface area (TPSA) is 69.9 Å². The van der Waals surface area contributed by atoms with Crippen LogP contribution in [0.25, 0.3) is 0 Å². The number of nitrogens with zero attached hydrogens (tertiary/aromatic N) is 3. The molecule has 0 aromatic carbocycles. The third-order valence-electron chi connectivity index (χ3n) is 5.32. The van der Waals surface area contributed by atoms with Crippen molar-refractivity contribution in [3.63, 3.8) is 0 Å². The number of carbonyl (C=O) groups is 2. The van der Waals surface area contributed by atoms with Gasteiger partial charge in [-0.3, -0.25) is 14.5 Å². The molecule has 2 saturated heterocycles. The molecule has 2 N–H and O–H groups in total. The quantitative estimate of drug-likeness (QED) is 0.783. The molecule has 2 aliphatic heterocycles. The monoisotopic (exact) mass is 380 g/mol. The zero-order chi connectivity index (χ0) is 15.5. The Balaban J connectivity index is 0.00000144. The maximum atomic E-state index is 12.5. The van der Waals surface area contributed by atoms with Gasteiger partial charge in [0.15, 0.2) is 0 Å². The minimum Gasteiger partial charge on any atom is -0.342 e. The van der Waals surface area contributed by atoms with Crippen molar-refractivity contribution in [2.75, 3.05) is 45.8 Å². The molecule has 0 radical (unpaired) electrons. The van der Waals surface area contributed by atoms with Crippen LogP contribution in [-0.2, 0) is 9.59 Å². The van der Waals surface area contributed by atoms with E-state index >= 15 is 0 Å². The molecule has 24 heavy (non-hydrogen) atoms. The van der Waals surface area contributed by atoms with Gasteiger partial charge < -0.3 is 15.5 Å². The molecule has 0 spiro atoms. The predicted octanol–water partition coefficient (Wildman–Crippen LogP) is 0.724. The van der Waals surface area contributed by atoms with Crippen molar-refractivity contribution in [1.82, 2.24) is 14.7 Å². The Hall–Kier alpha value is -0.560. The van der Waals surface area contributed by atoms with Crippen molar-refractivity contribution in [3.8, 4) is 0 Å². The average Bonchev–Trinajstić information content (AvgIpc) is 3.18. The molecule has 6 nitrogen and oxygen atoms in total. The molecule has 2 heterocycles. The predicted molar refractivity (Wildman–Crippen MR) is 98.6 cm³/mol. The van der Waals surface area contributed by atoms with Gasteiger partial charge in [0.2, 0.25) is 11.8 Å². The number of likely N-dealkylation sites (tertiary alicyclic amines) is 1. The summed E-state index contributed by atoms with van der Waals surface area (Å²) >= 11 is 0. The van der Waals surface area contributed by atoms with Gasteiger partial charge >= 0.3 is 0 Å². The SMILES string of the molecule is Cl.Cl.NC1CCC(C(=O)N2CCN(CC(=O)N3CCCC3)CC2)C1. The van der Waals surface area contributed by atoms with E-state index in [9.17, 15) is 9.59 Å². The summed E-state index contributed by atoms with van der Waals surface area (Å²) in [5.41, 5.74) is 5.91.